The van der Waals surface area contributed by atoms with Gasteiger partial charge in [-0.1, -0.05) is 18.2 Å². The van der Waals surface area contributed by atoms with Crippen molar-refractivity contribution in [2.75, 3.05) is 22.8 Å². The lowest BCUT2D eigenvalue weighted by molar-refractivity contribution is -0.116. The molecule has 0 aliphatic carbocycles. The van der Waals surface area contributed by atoms with Crippen molar-refractivity contribution < 1.29 is 19.1 Å². The fourth-order valence-electron chi connectivity index (χ4n) is 3.53. The number of benzene rings is 2. The van der Waals surface area contributed by atoms with Gasteiger partial charge in [-0.25, -0.2) is 0 Å². The number of amides is 2. The molecule has 8 heteroatoms. The zero-order valence-corrected chi connectivity index (χ0v) is 17.5. The lowest BCUT2D eigenvalue weighted by Crippen LogP contribution is -2.27. The molecule has 1 saturated heterocycles. The molecule has 2 aromatic carbocycles. The van der Waals surface area contributed by atoms with Gasteiger partial charge in [-0.2, -0.15) is 0 Å². The van der Waals surface area contributed by atoms with Crippen LogP contribution in [0, 0.1) is 0 Å². The molecule has 1 unspecified atom stereocenters. The molecule has 2 amide bonds. The number of fused-ring (bicyclic) bond motifs is 1. The van der Waals surface area contributed by atoms with Crippen LogP contribution in [0.5, 0.6) is 11.5 Å². The van der Waals surface area contributed by atoms with E-state index in [0.717, 1.165) is 21.8 Å². The van der Waals surface area contributed by atoms with Crippen LogP contribution in [0.1, 0.15) is 15.8 Å². The maximum absolute atomic E-state index is 12.7. The van der Waals surface area contributed by atoms with Gasteiger partial charge >= 0.3 is 0 Å². The molecular formula is C22H18N2O4S2. The summed E-state index contributed by atoms with van der Waals surface area (Å²) < 4.78 is 10.8. The molecule has 1 aromatic heterocycles. The van der Waals surface area contributed by atoms with Gasteiger partial charge in [-0.15, -0.1) is 23.1 Å². The molecule has 0 saturated carbocycles. The lowest BCUT2D eigenvalue weighted by Gasteiger charge is -2.25. The van der Waals surface area contributed by atoms with E-state index in [1.165, 1.54) is 0 Å². The van der Waals surface area contributed by atoms with Crippen LogP contribution in [0.2, 0.25) is 0 Å². The summed E-state index contributed by atoms with van der Waals surface area (Å²) >= 11 is 3.13. The number of nitrogens with one attached hydrogen (secondary N) is 1. The third-order valence-corrected chi connectivity index (χ3v) is 6.96. The Kier molecular flexibility index (Phi) is 5.10. The average molecular weight is 439 g/mol. The summed E-state index contributed by atoms with van der Waals surface area (Å²) in [5.41, 5.74) is 2.45. The predicted octanol–water partition coefficient (Wildman–Crippen LogP) is 4.44. The van der Waals surface area contributed by atoms with E-state index in [2.05, 4.69) is 5.32 Å². The summed E-state index contributed by atoms with van der Waals surface area (Å²) in [4.78, 5) is 27.8. The molecule has 1 atom stereocenters. The second-order valence-electron chi connectivity index (χ2n) is 6.89. The van der Waals surface area contributed by atoms with Crippen LogP contribution < -0.4 is 19.7 Å². The quantitative estimate of drug-likeness (QED) is 0.638. The zero-order valence-electron chi connectivity index (χ0n) is 15.9. The molecule has 2 aliphatic heterocycles. The Morgan fingerprint density at radius 1 is 1.10 bits per heavy atom. The van der Waals surface area contributed by atoms with E-state index in [9.17, 15) is 9.59 Å². The Bertz CT molecular complexity index is 1100. The number of thiophene rings is 1. The molecule has 3 aromatic rings. The van der Waals surface area contributed by atoms with E-state index in [1.54, 1.807) is 28.0 Å². The van der Waals surface area contributed by atoms with Gasteiger partial charge in [0, 0.05) is 22.3 Å². The van der Waals surface area contributed by atoms with Crippen LogP contribution in [0.4, 0.5) is 11.4 Å². The molecule has 6 nitrogen and oxygen atoms in total. The highest BCUT2D eigenvalue weighted by atomic mass is 32.2. The van der Waals surface area contributed by atoms with Crippen LogP contribution in [-0.4, -0.2) is 24.4 Å². The van der Waals surface area contributed by atoms with Gasteiger partial charge in [0.1, 0.15) is 5.37 Å². The van der Waals surface area contributed by atoms with Crippen LogP contribution in [0.25, 0.3) is 0 Å². The highest BCUT2D eigenvalue weighted by Gasteiger charge is 2.35. The Morgan fingerprint density at radius 2 is 2.00 bits per heavy atom. The van der Waals surface area contributed by atoms with Crippen LogP contribution in [-0.2, 0) is 16.0 Å². The maximum atomic E-state index is 12.7. The number of hydrogen-bond acceptors (Lipinski definition) is 6. The highest BCUT2D eigenvalue weighted by Crippen LogP contribution is 2.45. The number of thioether (sulfide) groups is 1. The number of carbonyl (C=O) groups is 2. The molecule has 1 N–H and O–H groups in total. The minimum Gasteiger partial charge on any atom is -0.454 e. The fourth-order valence-corrected chi connectivity index (χ4v) is 5.40. The van der Waals surface area contributed by atoms with Gasteiger partial charge in [0.2, 0.25) is 18.6 Å². The van der Waals surface area contributed by atoms with Crippen LogP contribution >= 0.6 is 23.1 Å². The van der Waals surface area contributed by atoms with E-state index < -0.39 is 0 Å². The summed E-state index contributed by atoms with van der Waals surface area (Å²) in [6.45, 7) is 0.193. The smallest absolute Gasteiger partial charge is 0.238 e. The summed E-state index contributed by atoms with van der Waals surface area (Å²) in [6.07, 6.45) is 0.349. The van der Waals surface area contributed by atoms with Gasteiger partial charge in [0.15, 0.2) is 11.5 Å². The van der Waals surface area contributed by atoms with Gasteiger partial charge in [0.25, 0.3) is 0 Å². The summed E-state index contributed by atoms with van der Waals surface area (Å²) in [6, 6.07) is 17.1. The lowest BCUT2D eigenvalue weighted by atomic mass is 10.1. The molecule has 2 aliphatic rings. The van der Waals surface area contributed by atoms with Crippen molar-refractivity contribution in [3.8, 4) is 11.5 Å². The first-order chi connectivity index (χ1) is 14.7. The topological polar surface area (TPSA) is 67.9 Å². The molecule has 152 valence electrons. The molecule has 0 radical (unpaired) electrons. The molecular weight excluding hydrogens is 420 g/mol. The van der Waals surface area contributed by atoms with E-state index >= 15 is 0 Å². The standard InChI is InChI=1S/C22H18N2O4S2/c25-20(11-17-5-2-8-29-17)23-15-4-1-3-14(9-15)22-24(21(26)12-30-22)16-6-7-18-19(10-16)28-13-27-18/h1-10,22H,11-13H2,(H,23,25). The normalized spacial score (nSPS) is 17.4. The van der Waals surface area contributed by atoms with E-state index in [4.69, 9.17) is 9.47 Å². The second-order valence-corrected chi connectivity index (χ2v) is 9.00. The molecule has 1 fully saturated rings. The Labute approximate surface area is 181 Å². The van der Waals surface area contributed by atoms with Gasteiger partial charge in [-0.3, -0.25) is 14.5 Å². The van der Waals surface area contributed by atoms with Gasteiger partial charge < -0.3 is 14.8 Å². The minimum atomic E-state index is -0.174. The molecule has 0 bridgehead atoms. The first-order valence-corrected chi connectivity index (χ1v) is 11.4. The van der Waals surface area contributed by atoms with Crippen molar-refractivity contribution in [2.45, 2.75) is 11.8 Å². The van der Waals surface area contributed by atoms with E-state index in [-0.39, 0.29) is 24.0 Å². The summed E-state index contributed by atoms with van der Waals surface area (Å²) in [5, 5.41) is 4.75. The third kappa shape index (κ3) is 3.76. The van der Waals surface area contributed by atoms with Crippen LogP contribution in [0.3, 0.4) is 0 Å². The predicted molar refractivity (Wildman–Crippen MR) is 118 cm³/mol. The van der Waals surface area contributed by atoms with E-state index in [0.29, 0.717) is 23.7 Å². The summed E-state index contributed by atoms with van der Waals surface area (Å²) in [7, 11) is 0. The fraction of sp³-hybridized carbons (Fsp3) is 0.182. The number of rotatable bonds is 5. The minimum absolute atomic E-state index is 0.0380. The SMILES string of the molecule is O=C(Cc1cccs1)Nc1cccc(C2SCC(=O)N2c2ccc3c(c2)OCO3)c1. The Balaban J connectivity index is 1.37. The number of anilines is 2. The number of carbonyl (C=O) groups excluding carboxylic acids is 2. The van der Waals surface area contributed by atoms with Crippen molar-refractivity contribution in [3.63, 3.8) is 0 Å². The zero-order chi connectivity index (χ0) is 20.5. The first-order valence-electron chi connectivity index (χ1n) is 9.43. The van der Waals surface area contributed by atoms with Crippen molar-refractivity contribution in [1.29, 1.82) is 0 Å². The molecule has 3 heterocycles. The number of ether oxygens (including phenoxy) is 2. The Hall–Kier alpha value is -2.97. The average Bonchev–Trinajstić information content (AvgIpc) is 3.48. The van der Waals surface area contributed by atoms with Crippen molar-refractivity contribution in [3.05, 3.63) is 70.4 Å². The first kappa shape index (κ1) is 19.0. The van der Waals surface area contributed by atoms with Gasteiger partial charge in [-0.05, 0) is 41.3 Å². The Morgan fingerprint density at radius 3 is 2.87 bits per heavy atom. The van der Waals surface area contributed by atoms with Crippen molar-refractivity contribution >= 4 is 46.3 Å². The van der Waals surface area contributed by atoms with Gasteiger partial charge in [0.05, 0.1) is 12.2 Å². The highest BCUT2D eigenvalue weighted by molar-refractivity contribution is 8.00. The largest absolute Gasteiger partial charge is 0.454 e. The number of nitrogens with zero attached hydrogens (tertiary/aromatic N) is 1. The number of hydrogen-bond donors (Lipinski definition) is 1. The second kappa shape index (κ2) is 8.04. The molecule has 5 rings (SSSR count). The van der Waals surface area contributed by atoms with Crippen LogP contribution in [0.15, 0.2) is 60.0 Å². The third-order valence-electron chi connectivity index (χ3n) is 4.87. The van der Waals surface area contributed by atoms with Crippen molar-refractivity contribution in [2.24, 2.45) is 0 Å². The van der Waals surface area contributed by atoms with E-state index in [1.807, 2.05) is 60.0 Å². The summed E-state index contributed by atoms with van der Waals surface area (Å²) in [5.74, 6) is 1.71. The molecule has 0 spiro atoms. The van der Waals surface area contributed by atoms with Crippen molar-refractivity contribution in [1.82, 2.24) is 0 Å². The molecule has 30 heavy (non-hydrogen) atoms. The monoisotopic (exact) mass is 438 g/mol. The maximum Gasteiger partial charge on any atom is 0.238 e.